The molecule has 1 atom stereocenters. The largest absolute Gasteiger partial charge is 0.497 e. The van der Waals surface area contributed by atoms with Gasteiger partial charge >= 0.3 is 5.97 Å². The summed E-state index contributed by atoms with van der Waals surface area (Å²) in [5.74, 6) is 0.602. The fraction of sp³-hybridized carbons (Fsp3) is 0.533. The van der Waals surface area contributed by atoms with Gasteiger partial charge in [0.05, 0.1) is 7.11 Å². The molecule has 104 valence electrons. The third-order valence-corrected chi connectivity index (χ3v) is 3.57. The van der Waals surface area contributed by atoms with E-state index in [1.54, 1.807) is 7.11 Å². The number of carbonyl (C=O) groups is 1. The van der Waals surface area contributed by atoms with Gasteiger partial charge in [-0.2, -0.15) is 0 Å². The minimum absolute atomic E-state index is 0.171. The van der Waals surface area contributed by atoms with Gasteiger partial charge < -0.3 is 14.8 Å². The minimum atomic E-state index is -0.531. The molecule has 1 aliphatic rings. The second kappa shape index (κ2) is 6.06. The van der Waals surface area contributed by atoms with Crippen LogP contribution in [0.25, 0.3) is 0 Å². The van der Waals surface area contributed by atoms with Gasteiger partial charge in [0.1, 0.15) is 17.9 Å². The molecule has 4 heteroatoms. The standard InChI is InChI=1S/C15H21NO3/c1-15(8-3-4-9-16-15)14(17)19-11-12-6-5-7-13(10-12)18-2/h5-7,10,16H,3-4,8-9,11H2,1-2H3. The number of methoxy groups -OCH3 is 1. The van der Waals surface area contributed by atoms with Gasteiger partial charge in [-0.05, 0) is 50.4 Å². The summed E-state index contributed by atoms with van der Waals surface area (Å²) in [6.07, 6.45) is 3.03. The number of hydrogen-bond acceptors (Lipinski definition) is 4. The molecule has 0 bridgehead atoms. The van der Waals surface area contributed by atoms with Crippen LogP contribution in [0, 0.1) is 0 Å². The molecule has 19 heavy (non-hydrogen) atoms. The van der Waals surface area contributed by atoms with Crippen LogP contribution < -0.4 is 10.1 Å². The molecule has 1 aliphatic heterocycles. The van der Waals surface area contributed by atoms with Crippen LogP contribution in [0.5, 0.6) is 5.75 Å². The lowest BCUT2D eigenvalue weighted by Gasteiger charge is -2.32. The van der Waals surface area contributed by atoms with Crippen LogP contribution in [0.3, 0.4) is 0 Å². The number of nitrogens with one attached hydrogen (secondary N) is 1. The first kappa shape index (κ1) is 13.9. The average molecular weight is 263 g/mol. The third-order valence-electron chi connectivity index (χ3n) is 3.57. The smallest absolute Gasteiger partial charge is 0.326 e. The van der Waals surface area contributed by atoms with Crippen LogP contribution in [0.1, 0.15) is 31.7 Å². The first-order chi connectivity index (χ1) is 9.14. The number of carbonyl (C=O) groups excluding carboxylic acids is 1. The normalized spacial score (nSPS) is 22.8. The Bertz CT molecular complexity index is 439. The van der Waals surface area contributed by atoms with Gasteiger partial charge in [-0.15, -0.1) is 0 Å². The average Bonchev–Trinajstić information content (AvgIpc) is 2.45. The Morgan fingerprint density at radius 1 is 1.42 bits per heavy atom. The zero-order valence-corrected chi connectivity index (χ0v) is 11.6. The lowest BCUT2D eigenvalue weighted by atomic mass is 9.91. The van der Waals surface area contributed by atoms with Gasteiger partial charge in [0.15, 0.2) is 0 Å². The molecular weight excluding hydrogens is 242 g/mol. The Labute approximate surface area is 114 Å². The third kappa shape index (κ3) is 3.47. The van der Waals surface area contributed by atoms with Gasteiger partial charge in [0.25, 0.3) is 0 Å². The highest BCUT2D eigenvalue weighted by Crippen LogP contribution is 2.21. The van der Waals surface area contributed by atoms with Crippen molar-refractivity contribution in [3.8, 4) is 5.75 Å². The Kier molecular flexibility index (Phi) is 4.43. The van der Waals surface area contributed by atoms with Gasteiger partial charge in [0.2, 0.25) is 0 Å². The lowest BCUT2D eigenvalue weighted by molar-refractivity contribution is -0.153. The van der Waals surface area contributed by atoms with Gasteiger partial charge in [0, 0.05) is 0 Å². The number of rotatable bonds is 4. The SMILES string of the molecule is COc1cccc(COC(=O)C2(C)CCCCN2)c1. The molecule has 0 aromatic heterocycles. The lowest BCUT2D eigenvalue weighted by Crippen LogP contribution is -2.52. The van der Waals surface area contributed by atoms with Crippen LogP contribution in [-0.4, -0.2) is 25.2 Å². The second-order valence-electron chi connectivity index (χ2n) is 5.14. The Morgan fingerprint density at radius 2 is 2.26 bits per heavy atom. The van der Waals surface area contributed by atoms with Crippen LogP contribution >= 0.6 is 0 Å². The Morgan fingerprint density at radius 3 is 2.95 bits per heavy atom. The second-order valence-corrected chi connectivity index (χ2v) is 5.14. The van der Waals surface area contributed by atoms with E-state index in [4.69, 9.17) is 9.47 Å². The molecule has 2 rings (SSSR count). The summed E-state index contributed by atoms with van der Waals surface area (Å²) in [7, 11) is 1.62. The van der Waals surface area contributed by atoms with E-state index in [0.717, 1.165) is 37.1 Å². The van der Waals surface area contributed by atoms with E-state index in [2.05, 4.69) is 5.32 Å². The molecule has 1 heterocycles. The number of hydrogen-bond donors (Lipinski definition) is 1. The fourth-order valence-electron chi connectivity index (χ4n) is 2.30. The van der Waals surface area contributed by atoms with Crippen molar-refractivity contribution in [3.05, 3.63) is 29.8 Å². The molecule has 0 saturated carbocycles. The number of esters is 1. The molecular formula is C15H21NO3. The van der Waals surface area contributed by atoms with Crippen LogP contribution in [0.4, 0.5) is 0 Å². The van der Waals surface area contributed by atoms with Crippen molar-refractivity contribution < 1.29 is 14.3 Å². The predicted octanol–water partition coefficient (Wildman–Crippen LogP) is 2.27. The molecule has 1 fully saturated rings. The number of ether oxygens (including phenoxy) is 2. The quantitative estimate of drug-likeness (QED) is 0.847. The summed E-state index contributed by atoms with van der Waals surface area (Å²) in [5.41, 5.74) is 0.407. The van der Waals surface area contributed by atoms with Crippen molar-refractivity contribution in [2.45, 2.75) is 38.3 Å². The molecule has 1 N–H and O–H groups in total. The topological polar surface area (TPSA) is 47.6 Å². The summed E-state index contributed by atoms with van der Waals surface area (Å²) in [5, 5.41) is 3.25. The van der Waals surface area contributed by atoms with Crippen LogP contribution in [0.15, 0.2) is 24.3 Å². The Hall–Kier alpha value is -1.55. The van der Waals surface area contributed by atoms with Crippen molar-refractivity contribution in [3.63, 3.8) is 0 Å². The summed E-state index contributed by atoms with van der Waals surface area (Å²) < 4.78 is 10.6. The molecule has 0 amide bonds. The van der Waals surface area contributed by atoms with E-state index in [0.29, 0.717) is 0 Å². The van der Waals surface area contributed by atoms with E-state index >= 15 is 0 Å². The van der Waals surface area contributed by atoms with Gasteiger partial charge in [-0.25, -0.2) is 0 Å². The number of piperidine rings is 1. The first-order valence-corrected chi connectivity index (χ1v) is 6.69. The molecule has 1 aromatic carbocycles. The van der Waals surface area contributed by atoms with E-state index in [9.17, 15) is 4.79 Å². The van der Waals surface area contributed by atoms with E-state index in [1.165, 1.54) is 0 Å². The first-order valence-electron chi connectivity index (χ1n) is 6.69. The van der Waals surface area contributed by atoms with Crippen molar-refractivity contribution >= 4 is 5.97 Å². The number of benzene rings is 1. The zero-order chi connectivity index (χ0) is 13.7. The van der Waals surface area contributed by atoms with Gasteiger partial charge in [-0.3, -0.25) is 4.79 Å². The molecule has 1 saturated heterocycles. The van der Waals surface area contributed by atoms with E-state index in [1.807, 2.05) is 31.2 Å². The highest BCUT2D eigenvalue weighted by molar-refractivity contribution is 5.80. The molecule has 1 aromatic rings. The highest BCUT2D eigenvalue weighted by Gasteiger charge is 2.35. The summed E-state index contributed by atoms with van der Waals surface area (Å²) >= 11 is 0. The molecule has 0 aliphatic carbocycles. The van der Waals surface area contributed by atoms with E-state index in [-0.39, 0.29) is 12.6 Å². The van der Waals surface area contributed by atoms with Crippen LogP contribution in [0.2, 0.25) is 0 Å². The zero-order valence-electron chi connectivity index (χ0n) is 11.6. The van der Waals surface area contributed by atoms with Crippen molar-refractivity contribution in [1.82, 2.24) is 5.32 Å². The minimum Gasteiger partial charge on any atom is -0.497 e. The maximum atomic E-state index is 12.1. The summed E-state index contributed by atoms with van der Waals surface area (Å²) in [6.45, 7) is 3.08. The highest BCUT2D eigenvalue weighted by atomic mass is 16.5. The maximum Gasteiger partial charge on any atom is 0.326 e. The maximum absolute atomic E-state index is 12.1. The van der Waals surface area contributed by atoms with Crippen LogP contribution in [-0.2, 0) is 16.1 Å². The molecule has 4 nitrogen and oxygen atoms in total. The Balaban J connectivity index is 1.92. The molecule has 1 unspecified atom stereocenters. The monoisotopic (exact) mass is 263 g/mol. The molecule has 0 spiro atoms. The van der Waals surface area contributed by atoms with Gasteiger partial charge in [-0.1, -0.05) is 12.1 Å². The fourth-order valence-corrected chi connectivity index (χ4v) is 2.30. The van der Waals surface area contributed by atoms with E-state index < -0.39 is 5.54 Å². The summed E-state index contributed by atoms with van der Waals surface area (Å²) in [6, 6.07) is 7.56. The van der Waals surface area contributed by atoms with Crippen molar-refractivity contribution in [1.29, 1.82) is 0 Å². The predicted molar refractivity (Wildman–Crippen MR) is 73.0 cm³/mol. The molecule has 0 radical (unpaired) electrons. The summed E-state index contributed by atoms with van der Waals surface area (Å²) in [4.78, 5) is 12.1. The van der Waals surface area contributed by atoms with Crippen molar-refractivity contribution in [2.24, 2.45) is 0 Å². The van der Waals surface area contributed by atoms with Crippen molar-refractivity contribution in [2.75, 3.05) is 13.7 Å².